The summed E-state index contributed by atoms with van der Waals surface area (Å²) in [5, 5.41) is 9.12. The first kappa shape index (κ1) is 14.3. The van der Waals surface area contributed by atoms with Gasteiger partial charge in [0.1, 0.15) is 11.6 Å². The van der Waals surface area contributed by atoms with Crippen molar-refractivity contribution in [3.8, 4) is 0 Å². The minimum atomic E-state index is -0.818. The van der Waals surface area contributed by atoms with E-state index in [1.165, 1.54) is 23.9 Å². The Labute approximate surface area is 115 Å². The van der Waals surface area contributed by atoms with Crippen molar-refractivity contribution in [2.45, 2.75) is 42.2 Å². The second-order valence-electron chi connectivity index (χ2n) is 4.81. The zero-order valence-electron chi connectivity index (χ0n) is 10.4. The predicted octanol–water partition coefficient (Wildman–Crippen LogP) is 4.09. The van der Waals surface area contributed by atoms with E-state index in [0.29, 0.717) is 11.3 Å². The van der Waals surface area contributed by atoms with Gasteiger partial charge in [-0.1, -0.05) is 19.3 Å². The Morgan fingerprint density at radius 3 is 2.63 bits per heavy atom. The van der Waals surface area contributed by atoms with Crippen LogP contribution >= 0.6 is 11.8 Å². The predicted molar refractivity (Wildman–Crippen MR) is 70.2 cm³/mol. The summed E-state index contributed by atoms with van der Waals surface area (Å²) < 4.78 is 26.5. The fraction of sp³-hybridized carbons (Fsp3) is 0.500. The molecule has 1 aromatic rings. The molecule has 1 fully saturated rings. The van der Waals surface area contributed by atoms with Crippen LogP contribution in [0.4, 0.5) is 8.78 Å². The van der Waals surface area contributed by atoms with Crippen LogP contribution in [0.2, 0.25) is 0 Å². The highest BCUT2D eigenvalue weighted by atomic mass is 32.2. The number of benzene rings is 1. The van der Waals surface area contributed by atoms with Gasteiger partial charge < -0.3 is 5.11 Å². The number of carboxylic acid groups (broad SMARTS) is 1. The topological polar surface area (TPSA) is 37.3 Å². The van der Waals surface area contributed by atoms with E-state index in [4.69, 9.17) is 0 Å². The van der Waals surface area contributed by atoms with Gasteiger partial charge in [0.25, 0.3) is 0 Å². The first-order valence-corrected chi connectivity index (χ1v) is 7.30. The molecule has 0 heterocycles. The van der Waals surface area contributed by atoms with Crippen LogP contribution in [0.15, 0.2) is 23.1 Å². The van der Waals surface area contributed by atoms with Gasteiger partial charge in [-0.2, -0.15) is 0 Å². The molecule has 1 aromatic carbocycles. The Hall–Kier alpha value is -1.10. The van der Waals surface area contributed by atoms with Crippen LogP contribution in [0.3, 0.4) is 0 Å². The normalized spacial score (nSPS) is 23.9. The van der Waals surface area contributed by atoms with Gasteiger partial charge in [0.05, 0.1) is 5.92 Å². The number of hydrogen-bond donors (Lipinski definition) is 1. The maximum atomic E-state index is 13.6. The molecule has 0 amide bonds. The number of rotatable bonds is 3. The number of carboxylic acids is 1. The van der Waals surface area contributed by atoms with Gasteiger partial charge >= 0.3 is 5.97 Å². The van der Waals surface area contributed by atoms with Gasteiger partial charge in [-0.3, -0.25) is 4.79 Å². The van der Waals surface area contributed by atoms with Crippen LogP contribution in [0.5, 0.6) is 0 Å². The summed E-state index contributed by atoms with van der Waals surface area (Å²) in [4.78, 5) is 11.6. The molecule has 2 unspecified atom stereocenters. The summed E-state index contributed by atoms with van der Waals surface area (Å²) in [5.74, 6) is -2.49. The second-order valence-corrected chi connectivity index (χ2v) is 6.09. The van der Waals surface area contributed by atoms with Crippen molar-refractivity contribution in [1.82, 2.24) is 0 Å². The van der Waals surface area contributed by atoms with E-state index in [0.717, 1.165) is 31.7 Å². The Morgan fingerprint density at radius 1 is 1.21 bits per heavy atom. The van der Waals surface area contributed by atoms with E-state index in [2.05, 4.69) is 0 Å². The third kappa shape index (κ3) is 3.69. The molecule has 1 saturated carbocycles. The van der Waals surface area contributed by atoms with Crippen LogP contribution in [0.1, 0.15) is 32.1 Å². The smallest absolute Gasteiger partial charge is 0.307 e. The molecule has 104 valence electrons. The minimum Gasteiger partial charge on any atom is -0.481 e. The third-order valence-corrected chi connectivity index (χ3v) is 4.89. The molecular weight excluding hydrogens is 270 g/mol. The molecular formula is C14H16F2O2S. The molecule has 5 heteroatoms. The average molecular weight is 286 g/mol. The van der Waals surface area contributed by atoms with Gasteiger partial charge in [-0.15, -0.1) is 11.8 Å². The first-order valence-electron chi connectivity index (χ1n) is 6.42. The third-order valence-electron chi connectivity index (χ3n) is 3.44. The largest absolute Gasteiger partial charge is 0.481 e. The highest BCUT2D eigenvalue weighted by Crippen LogP contribution is 2.37. The molecule has 1 aliphatic rings. The maximum Gasteiger partial charge on any atom is 0.307 e. The minimum absolute atomic E-state index is 0.139. The molecule has 0 aliphatic heterocycles. The average Bonchev–Trinajstić information content (AvgIpc) is 2.58. The van der Waals surface area contributed by atoms with E-state index >= 15 is 0 Å². The summed E-state index contributed by atoms with van der Waals surface area (Å²) in [6.07, 6.45) is 4.28. The van der Waals surface area contributed by atoms with Gasteiger partial charge in [0, 0.05) is 16.2 Å². The lowest BCUT2D eigenvalue weighted by Gasteiger charge is -2.21. The van der Waals surface area contributed by atoms with Crippen molar-refractivity contribution >= 4 is 17.7 Å². The van der Waals surface area contributed by atoms with Crippen molar-refractivity contribution in [3.05, 3.63) is 29.8 Å². The molecule has 2 nitrogen and oxygen atoms in total. The van der Waals surface area contributed by atoms with Gasteiger partial charge in [0.15, 0.2) is 0 Å². The summed E-state index contributed by atoms with van der Waals surface area (Å²) in [6.45, 7) is 0. The fourth-order valence-corrected chi connectivity index (χ4v) is 3.78. The standard InChI is InChI=1S/C14H16F2O2S/c15-9-6-7-13(11(16)8-9)19-12-5-3-1-2-4-10(12)14(17)18/h6-8,10,12H,1-5H2,(H,17,18). The van der Waals surface area contributed by atoms with E-state index < -0.39 is 23.5 Å². The fourth-order valence-electron chi connectivity index (χ4n) is 2.43. The zero-order valence-corrected chi connectivity index (χ0v) is 11.3. The summed E-state index contributed by atoms with van der Waals surface area (Å²) in [5.41, 5.74) is 0. The second kappa shape index (κ2) is 6.37. The molecule has 0 aromatic heterocycles. The van der Waals surface area contributed by atoms with Crippen molar-refractivity contribution in [1.29, 1.82) is 0 Å². The molecule has 0 saturated heterocycles. The van der Waals surface area contributed by atoms with Crippen LogP contribution in [0.25, 0.3) is 0 Å². The SMILES string of the molecule is O=C(O)C1CCCCCC1Sc1ccc(F)cc1F. The van der Waals surface area contributed by atoms with Crippen molar-refractivity contribution < 1.29 is 18.7 Å². The van der Waals surface area contributed by atoms with Crippen molar-refractivity contribution in [2.75, 3.05) is 0 Å². The number of thioether (sulfide) groups is 1. The molecule has 19 heavy (non-hydrogen) atoms. The van der Waals surface area contributed by atoms with Crippen LogP contribution in [-0.2, 0) is 4.79 Å². The van der Waals surface area contributed by atoms with E-state index in [1.54, 1.807) is 0 Å². The van der Waals surface area contributed by atoms with Crippen LogP contribution in [-0.4, -0.2) is 16.3 Å². The zero-order chi connectivity index (χ0) is 13.8. The van der Waals surface area contributed by atoms with Gasteiger partial charge in [-0.05, 0) is 25.0 Å². The first-order chi connectivity index (χ1) is 9.08. The lowest BCUT2D eigenvalue weighted by molar-refractivity contribution is -0.141. The summed E-state index contributed by atoms with van der Waals surface area (Å²) in [6, 6.07) is 3.44. The molecule has 1 N–H and O–H groups in total. The number of carbonyl (C=O) groups is 1. The number of halogens is 2. The van der Waals surface area contributed by atoms with Gasteiger partial charge in [-0.25, -0.2) is 8.78 Å². The molecule has 1 aliphatic carbocycles. The van der Waals surface area contributed by atoms with Crippen molar-refractivity contribution in [2.24, 2.45) is 5.92 Å². The van der Waals surface area contributed by atoms with Crippen LogP contribution < -0.4 is 0 Å². The Balaban J connectivity index is 2.16. The van der Waals surface area contributed by atoms with E-state index in [1.807, 2.05) is 0 Å². The summed E-state index contributed by atoms with van der Waals surface area (Å²) in [7, 11) is 0. The highest BCUT2D eigenvalue weighted by Gasteiger charge is 2.30. The molecule has 2 rings (SSSR count). The Morgan fingerprint density at radius 2 is 1.95 bits per heavy atom. The lowest BCUT2D eigenvalue weighted by atomic mass is 10.0. The van der Waals surface area contributed by atoms with Gasteiger partial charge in [0.2, 0.25) is 0 Å². The number of aliphatic carboxylic acids is 1. The molecule has 0 spiro atoms. The number of hydrogen-bond acceptors (Lipinski definition) is 2. The Kier molecular flexibility index (Phi) is 4.80. The highest BCUT2D eigenvalue weighted by molar-refractivity contribution is 8.00. The molecule has 2 atom stereocenters. The monoisotopic (exact) mass is 286 g/mol. The van der Waals surface area contributed by atoms with E-state index in [-0.39, 0.29) is 5.25 Å². The molecule has 0 bridgehead atoms. The maximum absolute atomic E-state index is 13.6. The quantitative estimate of drug-likeness (QED) is 0.850. The summed E-state index contributed by atoms with van der Waals surface area (Å²) >= 11 is 1.23. The van der Waals surface area contributed by atoms with Crippen molar-refractivity contribution in [3.63, 3.8) is 0 Å². The molecule has 0 radical (unpaired) electrons. The van der Waals surface area contributed by atoms with E-state index in [9.17, 15) is 18.7 Å². The Bertz CT molecular complexity index is 465. The van der Waals surface area contributed by atoms with Crippen LogP contribution in [0, 0.1) is 17.6 Å². The lowest BCUT2D eigenvalue weighted by Crippen LogP contribution is -2.24.